The second-order valence-corrected chi connectivity index (χ2v) is 8.58. The molecular weight excluding hydrogens is 494 g/mol. The molecule has 0 atom stereocenters. The monoisotopic (exact) mass is 523 g/mol. The molecule has 198 valence electrons. The maximum Gasteiger partial charge on any atom is 0.235 e. The highest BCUT2D eigenvalue weighted by Crippen LogP contribution is 2.40. The van der Waals surface area contributed by atoms with E-state index in [0.29, 0.717) is 47.9 Å². The number of nitrogens with zero attached hydrogens (tertiary/aromatic N) is 6. The second kappa shape index (κ2) is 11.5. The van der Waals surface area contributed by atoms with E-state index in [-0.39, 0.29) is 0 Å². The average molecular weight is 524 g/mol. The van der Waals surface area contributed by atoms with Gasteiger partial charge in [0.25, 0.3) is 0 Å². The number of fused-ring (bicyclic) bond motifs is 1. The molecule has 2 aromatic heterocycles. The maximum absolute atomic E-state index is 5.45. The molecule has 0 fully saturated rings. The standard InChI is InChI=1S/C29H29N7O3/c1-5-13-35(23-11-12-24-21(14-23)17-32-36(24)18-20-9-7-6-8-10-20)29-31-19-30-28(34-29)33-22-15-25(37-2)27(39-4)26(16-22)38-3/h5-12,14-17,19H,1,13,18H2,2-4H3,(H,30,31,33,34). The van der Waals surface area contributed by atoms with Crippen LogP contribution in [0.2, 0.25) is 0 Å². The Morgan fingerprint density at radius 1 is 0.949 bits per heavy atom. The zero-order chi connectivity index (χ0) is 27.2. The summed E-state index contributed by atoms with van der Waals surface area (Å²) in [6, 6.07) is 20.0. The zero-order valence-corrected chi connectivity index (χ0v) is 22.0. The van der Waals surface area contributed by atoms with E-state index in [4.69, 9.17) is 14.2 Å². The molecule has 0 saturated carbocycles. The number of benzene rings is 3. The van der Waals surface area contributed by atoms with Gasteiger partial charge in [-0.15, -0.1) is 6.58 Å². The summed E-state index contributed by atoms with van der Waals surface area (Å²) in [4.78, 5) is 15.4. The van der Waals surface area contributed by atoms with Crippen molar-refractivity contribution < 1.29 is 14.2 Å². The van der Waals surface area contributed by atoms with Crippen molar-refractivity contribution in [1.82, 2.24) is 24.7 Å². The van der Waals surface area contributed by atoms with E-state index < -0.39 is 0 Å². The largest absolute Gasteiger partial charge is 0.493 e. The highest BCUT2D eigenvalue weighted by atomic mass is 16.5. The molecule has 0 saturated heterocycles. The Kier molecular flexibility index (Phi) is 7.53. The molecule has 0 bridgehead atoms. The quantitative estimate of drug-likeness (QED) is 0.229. The fourth-order valence-electron chi connectivity index (χ4n) is 4.32. The third-order valence-electron chi connectivity index (χ3n) is 6.15. The van der Waals surface area contributed by atoms with Crippen LogP contribution in [0.1, 0.15) is 5.56 Å². The number of nitrogens with one attached hydrogen (secondary N) is 1. The first-order valence-corrected chi connectivity index (χ1v) is 12.3. The molecule has 0 amide bonds. The fourth-order valence-corrected chi connectivity index (χ4v) is 4.32. The van der Waals surface area contributed by atoms with Gasteiger partial charge in [-0.3, -0.25) is 4.68 Å². The molecule has 10 heteroatoms. The van der Waals surface area contributed by atoms with E-state index in [2.05, 4.69) is 56.2 Å². The van der Waals surface area contributed by atoms with E-state index in [0.717, 1.165) is 16.6 Å². The van der Waals surface area contributed by atoms with Gasteiger partial charge in [0.15, 0.2) is 11.5 Å². The molecule has 0 radical (unpaired) electrons. The Balaban J connectivity index is 1.43. The van der Waals surface area contributed by atoms with E-state index in [9.17, 15) is 0 Å². The van der Waals surface area contributed by atoms with Crippen LogP contribution in [0.15, 0.2) is 85.8 Å². The van der Waals surface area contributed by atoms with Crippen LogP contribution >= 0.6 is 0 Å². The zero-order valence-electron chi connectivity index (χ0n) is 22.0. The summed E-state index contributed by atoms with van der Waals surface area (Å²) in [6.45, 7) is 5.12. The molecule has 0 spiro atoms. The van der Waals surface area contributed by atoms with Gasteiger partial charge in [-0.05, 0) is 23.8 Å². The van der Waals surface area contributed by atoms with Gasteiger partial charge in [-0.25, -0.2) is 9.97 Å². The SMILES string of the molecule is C=CCN(c1ccc2c(cnn2Cc2ccccc2)c1)c1ncnc(Nc2cc(OC)c(OC)c(OC)c2)n1. The Bertz CT molecular complexity index is 1560. The molecular formula is C29H29N7O3. The van der Waals surface area contributed by atoms with E-state index in [1.54, 1.807) is 39.5 Å². The second-order valence-electron chi connectivity index (χ2n) is 8.58. The number of ether oxygens (including phenoxy) is 3. The van der Waals surface area contributed by atoms with E-state index in [1.165, 1.54) is 11.9 Å². The normalized spacial score (nSPS) is 10.7. The molecule has 0 aliphatic carbocycles. The van der Waals surface area contributed by atoms with Crippen LogP contribution in [-0.2, 0) is 6.54 Å². The minimum atomic E-state index is 0.361. The highest BCUT2D eigenvalue weighted by Gasteiger charge is 2.17. The van der Waals surface area contributed by atoms with Crippen LogP contribution in [0.5, 0.6) is 17.2 Å². The topological polar surface area (TPSA) is 99.5 Å². The van der Waals surface area contributed by atoms with E-state index >= 15 is 0 Å². The van der Waals surface area contributed by atoms with Gasteiger partial charge in [-0.1, -0.05) is 36.4 Å². The minimum Gasteiger partial charge on any atom is -0.493 e. The van der Waals surface area contributed by atoms with Crippen LogP contribution in [-0.4, -0.2) is 52.6 Å². The Morgan fingerprint density at radius 3 is 2.41 bits per heavy atom. The van der Waals surface area contributed by atoms with Gasteiger partial charge >= 0.3 is 0 Å². The number of aromatic nitrogens is 5. The molecule has 5 rings (SSSR count). The van der Waals surface area contributed by atoms with Gasteiger partial charge < -0.3 is 24.4 Å². The van der Waals surface area contributed by atoms with Crippen molar-refractivity contribution in [1.29, 1.82) is 0 Å². The average Bonchev–Trinajstić information content (AvgIpc) is 3.37. The lowest BCUT2D eigenvalue weighted by molar-refractivity contribution is 0.324. The van der Waals surface area contributed by atoms with Crippen molar-refractivity contribution in [3.63, 3.8) is 0 Å². The summed E-state index contributed by atoms with van der Waals surface area (Å²) in [5.41, 5.74) is 3.81. The van der Waals surface area contributed by atoms with Gasteiger partial charge in [0.2, 0.25) is 17.6 Å². The Labute approximate surface area is 226 Å². The van der Waals surface area contributed by atoms with Crippen LogP contribution < -0.4 is 24.4 Å². The van der Waals surface area contributed by atoms with Gasteiger partial charge in [0.05, 0.1) is 39.6 Å². The van der Waals surface area contributed by atoms with Crippen molar-refractivity contribution in [2.24, 2.45) is 0 Å². The first-order chi connectivity index (χ1) is 19.1. The van der Waals surface area contributed by atoms with Crippen LogP contribution in [0.25, 0.3) is 10.9 Å². The molecule has 3 aromatic carbocycles. The predicted molar refractivity (Wildman–Crippen MR) is 152 cm³/mol. The summed E-state index contributed by atoms with van der Waals surface area (Å²) in [5.74, 6) is 2.36. The number of methoxy groups -OCH3 is 3. The lowest BCUT2D eigenvalue weighted by atomic mass is 10.2. The fraction of sp³-hybridized carbons (Fsp3) is 0.172. The molecule has 0 unspecified atom stereocenters. The summed E-state index contributed by atoms with van der Waals surface area (Å²) >= 11 is 0. The molecule has 0 aliphatic rings. The molecule has 10 nitrogen and oxygen atoms in total. The Morgan fingerprint density at radius 2 is 1.72 bits per heavy atom. The predicted octanol–water partition coefficient (Wildman–Crippen LogP) is 5.36. The Hall–Kier alpha value is -5.12. The van der Waals surface area contributed by atoms with Crippen LogP contribution in [0.4, 0.5) is 23.3 Å². The summed E-state index contributed by atoms with van der Waals surface area (Å²) < 4.78 is 18.3. The first kappa shape index (κ1) is 25.5. The molecule has 1 N–H and O–H groups in total. The highest BCUT2D eigenvalue weighted by molar-refractivity contribution is 5.84. The van der Waals surface area contributed by atoms with Crippen molar-refractivity contribution in [2.75, 3.05) is 38.1 Å². The first-order valence-electron chi connectivity index (χ1n) is 12.3. The van der Waals surface area contributed by atoms with Gasteiger partial charge in [-0.2, -0.15) is 10.1 Å². The maximum atomic E-state index is 5.45. The molecule has 2 heterocycles. The number of anilines is 4. The minimum absolute atomic E-state index is 0.361. The van der Waals surface area contributed by atoms with E-state index in [1.807, 2.05) is 40.0 Å². The summed E-state index contributed by atoms with van der Waals surface area (Å²) in [7, 11) is 4.69. The van der Waals surface area contributed by atoms with Crippen LogP contribution in [0, 0.1) is 0 Å². The molecule has 39 heavy (non-hydrogen) atoms. The van der Waals surface area contributed by atoms with Crippen LogP contribution in [0.3, 0.4) is 0 Å². The number of rotatable bonds is 11. The third-order valence-corrected chi connectivity index (χ3v) is 6.15. The molecule has 5 aromatic rings. The lowest BCUT2D eigenvalue weighted by Crippen LogP contribution is -2.20. The summed E-state index contributed by atoms with van der Waals surface area (Å²) in [5, 5.41) is 8.83. The molecule has 0 aliphatic heterocycles. The van der Waals surface area contributed by atoms with Crippen molar-refractivity contribution >= 4 is 34.2 Å². The number of hydrogen-bond acceptors (Lipinski definition) is 9. The van der Waals surface area contributed by atoms with Crippen molar-refractivity contribution in [2.45, 2.75) is 6.54 Å². The lowest BCUT2D eigenvalue weighted by Gasteiger charge is -2.21. The summed E-state index contributed by atoms with van der Waals surface area (Å²) in [6.07, 6.45) is 5.15. The smallest absolute Gasteiger partial charge is 0.235 e. The van der Waals surface area contributed by atoms with Gasteiger partial charge in [0, 0.05) is 35.4 Å². The number of hydrogen-bond donors (Lipinski definition) is 1. The van der Waals surface area contributed by atoms with Crippen molar-refractivity contribution in [3.05, 3.63) is 91.4 Å². The van der Waals surface area contributed by atoms with Gasteiger partial charge in [0.1, 0.15) is 6.33 Å². The van der Waals surface area contributed by atoms with Crippen molar-refractivity contribution in [3.8, 4) is 17.2 Å². The third kappa shape index (κ3) is 5.45.